The van der Waals surface area contributed by atoms with E-state index in [0.29, 0.717) is 0 Å². The van der Waals surface area contributed by atoms with Crippen molar-refractivity contribution in [2.24, 2.45) is 0 Å². The van der Waals surface area contributed by atoms with Gasteiger partial charge in [0.05, 0.1) is 0 Å². The Morgan fingerprint density at radius 2 is 0.769 bits per heavy atom. The Hall–Kier alpha value is -0.530. The number of hydrogen-bond donors (Lipinski definition) is 0. The molecule has 2 heteroatoms. The molecule has 0 spiro atoms. The third kappa shape index (κ3) is 18.3. The van der Waals surface area contributed by atoms with Crippen LogP contribution < -0.4 is 0 Å². The predicted octanol–water partition coefficient (Wildman–Crippen LogP) is 7.90. The average Bonchev–Trinajstić information content (AvgIpc) is 2.63. The van der Waals surface area contributed by atoms with Gasteiger partial charge in [-0.2, -0.15) is 0 Å². The Balaban J connectivity index is 3.47. The van der Waals surface area contributed by atoms with Gasteiger partial charge in [0, 0.05) is 20.0 Å². The summed E-state index contributed by atoms with van der Waals surface area (Å²) in [6.45, 7) is 8.23. The van der Waals surface area contributed by atoms with Crippen LogP contribution in [0, 0.1) is 0 Å². The highest BCUT2D eigenvalue weighted by Crippen LogP contribution is 2.12. The van der Waals surface area contributed by atoms with Crippen LogP contribution in [0.1, 0.15) is 136 Å². The van der Waals surface area contributed by atoms with E-state index in [-0.39, 0.29) is 5.91 Å². The second kappa shape index (κ2) is 20.8. The molecule has 0 radical (unpaired) electrons. The van der Waals surface area contributed by atoms with Crippen molar-refractivity contribution < 1.29 is 4.79 Å². The van der Waals surface area contributed by atoms with Crippen molar-refractivity contribution in [3.63, 3.8) is 0 Å². The SMILES string of the molecule is CCCCCCCCCCCN(CCCCCCCCCCC)C(C)=O. The van der Waals surface area contributed by atoms with E-state index in [9.17, 15) is 4.79 Å². The van der Waals surface area contributed by atoms with Gasteiger partial charge in [-0.25, -0.2) is 0 Å². The fraction of sp³-hybridized carbons (Fsp3) is 0.958. The molecule has 0 atom stereocenters. The molecular weight excluding hydrogens is 318 g/mol. The Kier molecular flexibility index (Phi) is 20.4. The number of hydrogen-bond acceptors (Lipinski definition) is 1. The summed E-state index contributed by atoms with van der Waals surface area (Å²) in [4.78, 5) is 13.9. The van der Waals surface area contributed by atoms with Crippen LogP contribution in [0.15, 0.2) is 0 Å². The zero-order valence-electron chi connectivity index (χ0n) is 18.5. The van der Waals surface area contributed by atoms with Crippen molar-refractivity contribution in [3.8, 4) is 0 Å². The molecule has 0 saturated heterocycles. The summed E-state index contributed by atoms with van der Waals surface area (Å²) in [5.74, 6) is 0.268. The first-order valence-electron chi connectivity index (χ1n) is 12.0. The van der Waals surface area contributed by atoms with Crippen LogP contribution in [0.2, 0.25) is 0 Å². The lowest BCUT2D eigenvalue weighted by molar-refractivity contribution is -0.129. The van der Waals surface area contributed by atoms with Gasteiger partial charge in [0.1, 0.15) is 0 Å². The minimum absolute atomic E-state index is 0.268. The molecule has 0 aliphatic rings. The molecule has 0 N–H and O–H groups in total. The van der Waals surface area contributed by atoms with Crippen LogP contribution in [-0.2, 0) is 4.79 Å². The van der Waals surface area contributed by atoms with E-state index in [1.807, 2.05) is 0 Å². The number of rotatable bonds is 20. The quantitative estimate of drug-likeness (QED) is 0.200. The van der Waals surface area contributed by atoms with Crippen LogP contribution >= 0.6 is 0 Å². The van der Waals surface area contributed by atoms with E-state index in [1.165, 1.54) is 116 Å². The number of nitrogens with zero attached hydrogens (tertiary/aromatic N) is 1. The van der Waals surface area contributed by atoms with Crippen molar-refractivity contribution in [1.29, 1.82) is 0 Å². The van der Waals surface area contributed by atoms with Crippen molar-refractivity contribution in [3.05, 3.63) is 0 Å². The van der Waals surface area contributed by atoms with Gasteiger partial charge < -0.3 is 4.90 Å². The molecule has 2 nitrogen and oxygen atoms in total. The Labute approximate surface area is 165 Å². The van der Waals surface area contributed by atoms with Gasteiger partial charge in [0.15, 0.2) is 0 Å². The van der Waals surface area contributed by atoms with E-state index >= 15 is 0 Å². The van der Waals surface area contributed by atoms with Crippen LogP contribution in [0.5, 0.6) is 0 Å². The van der Waals surface area contributed by atoms with Crippen LogP contribution in [0.3, 0.4) is 0 Å². The molecule has 0 fully saturated rings. The van der Waals surface area contributed by atoms with Crippen LogP contribution in [0.25, 0.3) is 0 Å². The van der Waals surface area contributed by atoms with Gasteiger partial charge in [-0.3, -0.25) is 4.79 Å². The minimum atomic E-state index is 0.268. The van der Waals surface area contributed by atoms with Gasteiger partial charge >= 0.3 is 0 Å². The van der Waals surface area contributed by atoms with Gasteiger partial charge in [-0.05, 0) is 12.8 Å². The molecule has 0 aliphatic carbocycles. The summed E-state index contributed by atoms with van der Waals surface area (Å²) < 4.78 is 0. The van der Waals surface area contributed by atoms with Crippen molar-refractivity contribution in [2.45, 2.75) is 136 Å². The number of unbranched alkanes of at least 4 members (excludes halogenated alkanes) is 16. The molecule has 0 unspecified atom stereocenters. The first-order chi connectivity index (χ1) is 12.7. The maximum absolute atomic E-state index is 11.8. The summed E-state index contributed by atoms with van der Waals surface area (Å²) in [6, 6.07) is 0. The summed E-state index contributed by atoms with van der Waals surface area (Å²) in [5.41, 5.74) is 0. The third-order valence-electron chi connectivity index (χ3n) is 5.51. The summed E-state index contributed by atoms with van der Waals surface area (Å²) in [7, 11) is 0. The molecule has 0 rings (SSSR count). The Morgan fingerprint density at radius 3 is 1.04 bits per heavy atom. The molecule has 0 saturated carbocycles. The molecule has 0 heterocycles. The third-order valence-corrected chi connectivity index (χ3v) is 5.51. The molecular formula is C24H49NO. The first-order valence-corrected chi connectivity index (χ1v) is 12.0. The standard InChI is InChI=1S/C24H49NO/c1-4-6-8-10-12-14-16-18-20-22-25(24(3)26)23-21-19-17-15-13-11-9-7-5-2/h4-23H2,1-3H3. The number of carbonyl (C=O) groups is 1. The smallest absolute Gasteiger partial charge is 0.219 e. The summed E-state index contributed by atoms with van der Waals surface area (Å²) in [5, 5.41) is 0. The average molecular weight is 368 g/mol. The van der Waals surface area contributed by atoms with E-state index < -0.39 is 0 Å². The lowest BCUT2D eigenvalue weighted by atomic mass is 10.1. The zero-order valence-corrected chi connectivity index (χ0v) is 18.5. The normalized spacial score (nSPS) is 11.0. The Bertz CT molecular complexity index is 268. The largest absolute Gasteiger partial charge is 0.343 e. The molecule has 156 valence electrons. The highest BCUT2D eigenvalue weighted by atomic mass is 16.2. The molecule has 0 aromatic carbocycles. The molecule has 0 aromatic rings. The molecule has 26 heavy (non-hydrogen) atoms. The lowest BCUT2D eigenvalue weighted by Crippen LogP contribution is -2.30. The fourth-order valence-corrected chi connectivity index (χ4v) is 3.65. The van der Waals surface area contributed by atoms with E-state index in [1.54, 1.807) is 6.92 Å². The summed E-state index contributed by atoms with van der Waals surface area (Å²) in [6.07, 6.45) is 24.3. The van der Waals surface area contributed by atoms with Gasteiger partial charge in [0.25, 0.3) is 0 Å². The molecule has 1 amide bonds. The summed E-state index contributed by atoms with van der Waals surface area (Å²) >= 11 is 0. The fourth-order valence-electron chi connectivity index (χ4n) is 3.65. The van der Waals surface area contributed by atoms with Gasteiger partial charge in [0.2, 0.25) is 5.91 Å². The number of carbonyl (C=O) groups excluding carboxylic acids is 1. The van der Waals surface area contributed by atoms with Gasteiger partial charge in [-0.1, -0.05) is 117 Å². The van der Waals surface area contributed by atoms with Crippen molar-refractivity contribution >= 4 is 5.91 Å². The molecule has 0 aromatic heterocycles. The van der Waals surface area contributed by atoms with Crippen molar-refractivity contribution in [2.75, 3.05) is 13.1 Å². The topological polar surface area (TPSA) is 20.3 Å². The van der Waals surface area contributed by atoms with Crippen molar-refractivity contribution in [1.82, 2.24) is 4.90 Å². The van der Waals surface area contributed by atoms with E-state index in [4.69, 9.17) is 0 Å². The van der Waals surface area contributed by atoms with E-state index in [2.05, 4.69) is 18.7 Å². The first kappa shape index (κ1) is 25.5. The van der Waals surface area contributed by atoms with E-state index in [0.717, 1.165) is 13.1 Å². The second-order valence-electron chi connectivity index (χ2n) is 8.16. The lowest BCUT2D eigenvalue weighted by Gasteiger charge is -2.21. The highest BCUT2D eigenvalue weighted by molar-refractivity contribution is 5.73. The maximum Gasteiger partial charge on any atom is 0.219 e. The maximum atomic E-state index is 11.8. The van der Waals surface area contributed by atoms with Crippen LogP contribution in [0.4, 0.5) is 0 Å². The van der Waals surface area contributed by atoms with Crippen LogP contribution in [-0.4, -0.2) is 23.9 Å². The Morgan fingerprint density at radius 1 is 0.500 bits per heavy atom. The highest BCUT2D eigenvalue weighted by Gasteiger charge is 2.07. The molecule has 0 bridgehead atoms. The zero-order chi connectivity index (χ0) is 19.3. The molecule has 0 aliphatic heterocycles. The second-order valence-corrected chi connectivity index (χ2v) is 8.16. The monoisotopic (exact) mass is 367 g/mol. The minimum Gasteiger partial charge on any atom is -0.343 e. The predicted molar refractivity (Wildman–Crippen MR) is 117 cm³/mol. The number of amides is 1. The van der Waals surface area contributed by atoms with Gasteiger partial charge in [-0.15, -0.1) is 0 Å².